The van der Waals surface area contributed by atoms with Crippen LogP contribution in [-0.4, -0.2) is 26.4 Å². The van der Waals surface area contributed by atoms with Gasteiger partial charge >= 0.3 is 5.69 Å². The molecule has 0 aliphatic rings. The Morgan fingerprint density at radius 1 is 0.941 bits per heavy atom. The molecule has 5 aromatic rings. The summed E-state index contributed by atoms with van der Waals surface area (Å²) in [6.07, 6.45) is 0. The molecule has 0 amide bonds. The fourth-order valence-electron chi connectivity index (χ4n) is 3.96. The van der Waals surface area contributed by atoms with E-state index < -0.39 is 5.69 Å². The van der Waals surface area contributed by atoms with E-state index in [1.54, 1.807) is 37.4 Å². The van der Waals surface area contributed by atoms with Gasteiger partial charge in [0, 0.05) is 0 Å². The van der Waals surface area contributed by atoms with Crippen molar-refractivity contribution < 1.29 is 9.26 Å². The molecule has 0 bridgehead atoms. The predicted molar refractivity (Wildman–Crippen MR) is 129 cm³/mol. The Hall–Kier alpha value is -4.46. The maximum atomic E-state index is 13.6. The second-order valence-corrected chi connectivity index (χ2v) is 8.01. The molecule has 170 valence electrons. The van der Waals surface area contributed by atoms with Gasteiger partial charge < -0.3 is 9.26 Å². The first-order chi connectivity index (χ1) is 16.5. The first kappa shape index (κ1) is 21.4. The zero-order valence-electron chi connectivity index (χ0n) is 19.0. The average Bonchev–Trinajstić information content (AvgIpc) is 3.32. The number of aryl methyl sites for hydroxylation is 2. The molecule has 0 unspecified atom stereocenters. The van der Waals surface area contributed by atoms with Crippen molar-refractivity contribution in [1.29, 1.82) is 0 Å². The van der Waals surface area contributed by atoms with Gasteiger partial charge in [-0.25, -0.2) is 9.36 Å². The van der Waals surface area contributed by atoms with Crippen LogP contribution in [0.3, 0.4) is 0 Å². The quantitative estimate of drug-likeness (QED) is 0.400. The number of rotatable bonds is 5. The van der Waals surface area contributed by atoms with Gasteiger partial charge in [-0.15, -0.1) is 0 Å². The van der Waals surface area contributed by atoms with E-state index in [2.05, 4.69) is 10.1 Å². The number of fused-ring (bicyclic) bond motifs is 1. The minimum atomic E-state index is -0.482. The summed E-state index contributed by atoms with van der Waals surface area (Å²) in [5, 5.41) is 4.49. The second-order valence-electron chi connectivity index (χ2n) is 8.01. The molecule has 0 N–H and O–H groups in total. The van der Waals surface area contributed by atoms with Crippen LogP contribution in [0.25, 0.3) is 28.0 Å². The molecule has 5 rings (SSSR count). The van der Waals surface area contributed by atoms with Crippen LogP contribution >= 0.6 is 0 Å². The number of ether oxygens (including phenoxy) is 1. The van der Waals surface area contributed by atoms with Gasteiger partial charge in [-0.05, 0) is 61.4 Å². The molecule has 0 saturated carbocycles. The minimum Gasteiger partial charge on any atom is -0.496 e. The molecule has 0 aliphatic heterocycles. The predicted octanol–water partition coefficient (Wildman–Crippen LogP) is 3.88. The van der Waals surface area contributed by atoms with Crippen LogP contribution in [0, 0.1) is 13.8 Å². The van der Waals surface area contributed by atoms with Crippen LogP contribution < -0.4 is 16.0 Å². The lowest BCUT2D eigenvalue weighted by atomic mass is 10.1. The van der Waals surface area contributed by atoms with Gasteiger partial charge in [0.05, 0.1) is 29.3 Å². The Morgan fingerprint density at radius 2 is 1.71 bits per heavy atom. The van der Waals surface area contributed by atoms with Gasteiger partial charge in [-0.1, -0.05) is 35.5 Å². The Bertz CT molecular complexity index is 1650. The molecule has 0 radical (unpaired) electrons. The normalized spacial score (nSPS) is 11.1. The van der Waals surface area contributed by atoms with Gasteiger partial charge in [-0.2, -0.15) is 4.98 Å². The highest BCUT2D eigenvalue weighted by Crippen LogP contribution is 2.27. The number of para-hydroxylation sites is 2. The molecular weight excluding hydrogens is 432 g/mol. The van der Waals surface area contributed by atoms with E-state index >= 15 is 0 Å². The zero-order chi connectivity index (χ0) is 23.8. The number of hydrogen-bond acceptors (Lipinski definition) is 6. The third-order valence-corrected chi connectivity index (χ3v) is 5.91. The van der Waals surface area contributed by atoms with Crippen LogP contribution in [0.1, 0.15) is 17.0 Å². The number of methoxy groups -OCH3 is 1. The van der Waals surface area contributed by atoms with Crippen LogP contribution in [0.4, 0.5) is 0 Å². The van der Waals surface area contributed by atoms with Gasteiger partial charge in [-0.3, -0.25) is 9.36 Å². The highest BCUT2D eigenvalue weighted by molar-refractivity contribution is 5.78. The third kappa shape index (κ3) is 3.59. The summed E-state index contributed by atoms with van der Waals surface area (Å²) in [5.74, 6) is 1.20. The van der Waals surface area contributed by atoms with Crippen molar-refractivity contribution in [3.63, 3.8) is 0 Å². The summed E-state index contributed by atoms with van der Waals surface area (Å²) < 4.78 is 13.5. The van der Waals surface area contributed by atoms with E-state index in [4.69, 9.17) is 9.26 Å². The summed E-state index contributed by atoms with van der Waals surface area (Å²) in [6.45, 7) is 3.93. The van der Waals surface area contributed by atoms with Gasteiger partial charge in [0.25, 0.3) is 5.56 Å². The van der Waals surface area contributed by atoms with Crippen molar-refractivity contribution >= 4 is 10.9 Å². The topological polar surface area (TPSA) is 92.2 Å². The van der Waals surface area contributed by atoms with Crippen LogP contribution in [0.5, 0.6) is 5.75 Å². The van der Waals surface area contributed by atoms with Gasteiger partial charge in [0.1, 0.15) is 12.3 Å². The van der Waals surface area contributed by atoms with Crippen LogP contribution in [-0.2, 0) is 6.54 Å². The highest BCUT2D eigenvalue weighted by Gasteiger charge is 2.18. The second kappa shape index (κ2) is 8.47. The molecular formula is C26H22N4O4. The zero-order valence-corrected chi connectivity index (χ0v) is 19.0. The van der Waals surface area contributed by atoms with Crippen molar-refractivity contribution in [2.24, 2.45) is 0 Å². The molecule has 2 heterocycles. The average molecular weight is 454 g/mol. The maximum Gasteiger partial charge on any atom is 0.336 e. The summed E-state index contributed by atoms with van der Waals surface area (Å²) in [6, 6.07) is 19.9. The Morgan fingerprint density at radius 3 is 2.50 bits per heavy atom. The van der Waals surface area contributed by atoms with Crippen molar-refractivity contribution in [1.82, 2.24) is 19.3 Å². The smallest absolute Gasteiger partial charge is 0.336 e. The fraction of sp³-hybridized carbons (Fsp3) is 0.154. The number of benzene rings is 3. The molecule has 8 heteroatoms. The summed E-state index contributed by atoms with van der Waals surface area (Å²) in [4.78, 5) is 31.4. The molecule has 8 nitrogen and oxygen atoms in total. The van der Waals surface area contributed by atoms with Crippen molar-refractivity contribution in [2.75, 3.05) is 7.11 Å². The Labute approximate surface area is 194 Å². The molecule has 0 spiro atoms. The molecule has 34 heavy (non-hydrogen) atoms. The first-order valence-electron chi connectivity index (χ1n) is 10.8. The lowest BCUT2D eigenvalue weighted by molar-refractivity contribution is 0.369. The largest absolute Gasteiger partial charge is 0.496 e. The summed E-state index contributed by atoms with van der Waals surface area (Å²) in [5.41, 5.74) is 2.89. The minimum absolute atomic E-state index is 0.00657. The van der Waals surface area contributed by atoms with Crippen molar-refractivity contribution in [3.8, 4) is 22.8 Å². The standard InChI is InChI=1S/C26H22N4O4/c1-16-12-13-18(14-17(16)2)30-25(31)19-8-4-6-10-21(19)29(26(30)32)15-23-27-24(28-34-23)20-9-5-7-11-22(20)33-3/h4-14H,15H2,1-3H3. The fourth-order valence-corrected chi connectivity index (χ4v) is 3.96. The molecule has 2 aromatic heterocycles. The number of aromatic nitrogens is 4. The number of nitrogens with zero attached hydrogens (tertiary/aromatic N) is 4. The van der Waals surface area contributed by atoms with E-state index in [0.717, 1.165) is 11.1 Å². The Kier molecular flexibility index (Phi) is 5.33. The van der Waals surface area contributed by atoms with E-state index in [-0.39, 0.29) is 18.0 Å². The van der Waals surface area contributed by atoms with E-state index in [1.165, 1.54) is 9.13 Å². The van der Waals surface area contributed by atoms with Crippen molar-refractivity contribution in [2.45, 2.75) is 20.4 Å². The lowest BCUT2D eigenvalue weighted by Crippen LogP contribution is -2.39. The van der Waals surface area contributed by atoms with Crippen molar-refractivity contribution in [3.05, 3.63) is 105 Å². The summed E-state index contributed by atoms with van der Waals surface area (Å²) in [7, 11) is 1.57. The van der Waals surface area contributed by atoms with Gasteiger partial charge in [0.15, 0.2) is 0 Å². The summed E-state index contributed by atoms with van der Waals surface area (Å²) >= 11 is 0. The highest BCUT2D eigenvalue weighted by atomic mass is 16.5. The molecule has 0 atom stereocenters. The van der Waals surface area contributed by atoms with E-state index in [1.807, 2.05) is 50.2 Å². The first-order valence-corrected chi connectivity index (χ1v) is 10.8. The Balaban J connectivity index is 1.66. The van der Waals surface area contributed by atoms with Crippen LogP contribution in [0.2, 0.25) is 0 Å². The number of hydrogen-bond donors (Lipinski definition) is 0. The SMILES string of the molecule is COc1ccccc1-c1noc(Cn2c(=O)n(-c3ccc(C)c(C)c3)c(=O)c3ccccc32)n1. The van der Waals surface area contributed by atoms with E-state index in [0.29, 0.717) is 33.7 Å². The molecule has 3 aromatic carbocycles. The third-order valence-electron chi connectivity index (χ3n) is 5.91. The molecule has 0 fully saturated rings. The molecule has 0 saturated heterocycles. The lowest BCUT2D eigenvalue weighted by Gasteiger charge is -2.13. The van der Waals surface area contributed by atoms with Crippen LogP contribution in [0.15, 0.2) is 80.8 Å². The molecule has 0 aliphatic carbocycles. The maximum absolute atomic E-state index is 13.6. The van der Waals surface area contributed by atoms with Gasteiger partial charge in [0.2, 0.25) is 11.7 Å². The van der Waals surface area contributed by atoms with E-state index in [9.17, 15) is 9.59 Å². The monoisotopic (exact) mass is 454 g/mol.